The smallest absolute Gasteiger partial charge is 0.117 e. The average molecular weight is 234 g/mol. The van der Waals surface area contributed by atoms with Crippen molar-refractivity contribution >= 4 is 27.4 Å². The van der Waals surface area contributed by atoms with Gasteiger partial charge in [0, 0.05) is 11.9 Å². The predicted octanol–water partition coefficient (Wildman–Crippen LogP) is 2.62. The first-order valence-electron chi connectivity index (χ1n) is 5.58. The third kappa shape index (κ3) is 1.68. The second-order valence-corrected chi connectivity index (χ2v) is 5.23. The molecule has 0 radical (unpaired) electrons. The molecule has 3 nitrogen and oxygen atoms in total. The number of rotatable bonds is 3. The van der Waals surface area contributed by atoms with Gasteiger partial charge in [-0.2, -0.15) is 4.37 Å². The minimum Gasteiger partial charge on any atom is -0.388 e. The Bertz CT molecular complexity index is 504. The fraction of sp³-hybridized carbons (Fsp3) is 0.417. The van der Waals surface area contributed by atoms with Gasteiger partial charge in [0.1, 0.15) is 5.00 Å². The summed E-state index contributed by atoms with van der Waals surface area (Å²) in [6.07, 6.45) is 2.97. The van der Waals surface area contributed by atoms with Gasteiger partial charge < -0.3 is 10.4 Å². The summed E-state index contributed by atoms with van der Waals surface area (Å²) in [5, 5.41) is 15.5. The average Bonchev–Trinajstić information content (AvgIpc) is 2.67. The van der Waals surface area contributed by atoms with Gasteiger partial charge in [0.05, 0.1) is 11.1 Å². The standard InChI is InChI=1S/C12H14N2OS/c15-12(6-3-7-12)8-13-11-9-4-1-2-5-10(9)14-16-11/h1-2,4-5,13,15H,3,6-8H2. The predicted molar refractivity (Wildman–Crippen MR) is 66.9 cm³/mol. The van der Waals surface area contributed by atoms with Crippen LogP contribution in [-0.4, -0.2) is 21.6 Å². The van der Waals surface area contributed by atoms with Crippen molar-refractivity contribution in [3.63, 3.8) is 0 Å². The normalized spacial score (nSPS) is 18.3. The van der Waals surface area contributed by atoms with Gasteiger partial charge >= 0.3 is 0 Å². The summed E-state index contributed by atoms with van der Waals surface area (Å²) in [5.41, 5.74) is 0.543. The Morgan fingerprint density at radius 3 is 2.94 bits per heavy atom. The van der Waals surface area contributed by atoms with E-state index in [2.05, 4.69) is 15.8 Å². The van der Waals surface area contributed by atoms with E-state index in [0.717, 1.165) is 35.2 Å². The van der Waals surface area contributed by atoms with E-state index in [-0.39, 0.29) is 0 Å². The highest BCUT2D eigenvalue weighted by molar-refractivity contribution is 7.11. The summed E-state index contributed by atoms with van der Waals surface area (Å²) in [4.78, 5) is 0. The molecule has 1 heterocycles. The summed E-state index contributed by atoms with van der Waals surface area (Å²) in [7, 11) is 0. The quantitative estimate of drug-likeness (QED) is 0.858. The van der Waals surface area contributed by atoms with Gasteiger partial charge in [0.2, 0.25) is 0 Å². The molecule has 2 N–H and O–H groups in total. The number of fused-ring (bicyclic) bond motifs is 1. The first kappa shape index (κ1) is 10.1. The van der Waals surface area contributed by atoms with Gasteiger partial charge in [-0.15, -0.1) is 0 Å². The first-order valence-corrected chi connectivity index (χ1v) is 6.35. The SMILES string of the molecule is OC1(CNc2snc3ccccc23)CCC1. The third-order valence-electron chi connectivity index (χ3n) is 3.25. The highest BCUT2D eigenvalue weighted by Crippen LogP contribution is 2.33. The van der Waals surface area contributed by atoms with Crippen molar-refractivity contribution in [2.45, 2.75) is 24.9 Å². The van der Waals surface area contributed by atoms with Crippen LogP contribution in [0.3, 0.4) is 0 Å². The zero-order chi connectivity index (χ0) is 11.0. The molecule has 2 aromatic rings. The number of aromatic nitrogens is 1. The number of anilines is 1. The Hall–Kier alpha value is -1.13. The lowest BCUT2D eigenvalue weighted by molar-refractivity contribution is -0.0201. The topological polar surface area (TPSA) is 45.1 Å². The maximum Gasteiger partial charge on any atom is 0.117 e. The van der Waals surface area contributed by atoms with E-state index in [4.69, 9.17) is 0 Å². The monoisotopic (exact) mass is 234 g/mol. The molecule has 1 fully saturated rings. The van der Waals surface area contributed by atoms with Gasteiger partial charge in [-0.1, -0.05) is 12.1 Å². The molecule has 1 saturated carbocycles. The van der Waals surface area contributed by atoms with Crippen molar-refractivity contribution in [2.24, 2.45) is 0 Å². The fourth-order valence-corrected chi connectivity index (χ4v) is 2.78. The molecule has 0 spiro atoms. The Morgan fingerprint density at radius 1 is 1.38 bits per heavy atom. The minimum atomic E-state index is -0.481. The summed E-state index contributed by atoms with van der Waals surface area (Å²) in [5.74, 6) is 0. The first-order chi connectivity index (χ1) is 7.77. The van der Waals surface area contributed by atoms with Crippen molar-refractivity contribution in [1.29, 1.82) is 0 Å². The zero-order valence-corrected chi connectivity index (χ0v) is 9.76. The Kier molecular flexibility index (Phi) is 2.33. The van der Waals surface area contributed by atoms with Gasteiger partial charge in [0.15, 0.2) is 0 Å². The summed E-state index contributed by atoms with van der Waals surface area (Å²) in [6.45, 7) is 0.638. The molecule has 0 bridgehead atoms. The molecule has 0 saturated heterocycles. The number of hydrogen-bond donors (Lipinski definition) is 2. The molecule has 4 heteroatoms. The molecule has 0 amide bonds. The molecule has 3 rings (SSSR count). The van der Waals surface area contributed by atoms with E-state index in [1.54, 1.807) is 0 Å². The molecular weight excluding hydrogens is 220 g/mol. The highest BCUT2D eigenvalue weighted by Gasteiger charge is 2.34. The van der Waals surface area contributed by atoms with Crippen LogP contribution < -0.4 is 5.32 Å². The molecule has 0 atom stereocenters. The minimum absolute atomic E-state index is 0.481. The lowest BCUT2D eigenvalue weighted by Gasteiger charge is -2.36. The van der Waals surface area contributed by atoms with Gasteiger partial charge in [0.25, 0.3) is 0 Å². The lowest BCUT2D eigenvalue weighted by atomic mass is 9.80. The van der Waals surface area contributed by atoms with Crippen LogP contribution in [0.2, 0.25) is 0 Å². The van der Waals surface area contributed by atoms with Crippen molar-refractivity contribution in [3.8, 4) is 0 Å². The molecule has 16 heavy (non-hydrogen) atoms. The zero-order valence-electron chi connectivity index (χ0n) is 8.94. The van der Waals surface area contributed by atoms with Crippen LogP contribution in [0.15, 0.2) is 24.3 Å². The summed E-state index contributed by atoms with van der Waals surface area (Å²) < 4.78 is 4.36. The molecule has 0 unspecified atom stereocenters. The molecule has 1 aromatic heterocycles. The maximum absolute atomic E-state index is 10.0. The Morgan fingerprint density at radius 2 is 2.19 bits per heavy atom. The fourth-order valence-electron chi connectivity index (χ4n) is 2.02. The summed E-state index contributed by atoms with van der Waals surface area (Å²) in [6, 6.07) is 8.08. The number of nitrogens with one attached hydrogen (secondary N) is 1. The van der Waals surface area contributed by atoms with E-state index in [1.165, 1.54) is 11.5 Å². The second kappa shape index (κ2) is 3.71. The van der Waals surface area contributed by atoms with Crippen molar-refractivity contribution in [3.05, 3.63) is 24.3 Å². The Balaban J connectivity index is 1.79. The van der Waals surface area contributed by atoms with E-state index < -0.39 is 5.60 Å². The van der Waals surface area contributed by atoms with Crippen LogP contribution in [0, 0.1) is 0 Å². The number of aliphatic hydroxyl groups is 1. The van der Waals surface area contributed by atoms with Gasteiger partial charge in [-0.05, 0) is 42.9 Å². The third-order valence-corrected chi connectivity index (χ3v) is 4.08. The van der Waals surface area contributed by atoms with Crippen LogP contribution in [-0.2, 0) is 0 Å². The van der Waals surface area contributed by atoms with Gasteiger partial charge in [-0.3, -0.25) is 0 Å². The number of hydrogen-bond acceptors (Lipinski definition) is 4. The van der Waals surface area contributed by atoms with Gasteiger partial charge in [-0.25, -0.2) is 0 Å². The molecule has 1 aliphatic rings. The number of nitrogens with zero attached hydrogens (tertiary/aromatic N) is 1. The van der Waals surface area contributed by atoms with Crippen molar-refractivity contribution in [1.82, 2.24) is 4.37 Å². The molecular formula is C12H14N2OS. The van der Waals surface area contributed by atoms with E-state index in [9.17, 15) is 5.11 Å². The van der Waals surface area contributed by atoms with Crippen LogP contribution >= 0.6 is 11.5 Å². The largest absolute Gasteiger partial charge is 0.388 e. The Labute approximate surface area is 98.3 Å². The van der Waals surface area contributed by atoms with Crippen LogP contribution in [0.5, 0.6) is 0 Å². The highest BCUT2D eigenvalue weighted by atomic mass is 32.1. The molecule has 0 aliphatic heterocycles. The lowest BCUT2D eigenvalue weighted by Crippen LogP contribution is -2.43. The number of benzene rings is 1. The van der Waals surface area contributed by atoms with Crippen LogP contribution in [0.1, 0.15) is 19.3 Å². The van der Waals surface area contributed by atoms with E-state index >= 15 is 0 Å². The van der Waals surface area contributed by atoms with Crippen molar-refractivity contribution < 1.29 is 5.11 Å². The van der Waals surface area contributed by atoms with E-state index in [0.29, 0.717) is 6.54 Å². The van der Waals surface area contributed by atoms with E-state index in [1.807, 2.05) is 18.2 Å². The molecule has 1 aliphatic carbocycles. The molecule has 84 valence electrons. The molecule has 1 aromatic carbocycles. The van der Waals surface area contributed by atoms with Crippen molar-refractivity contribution in [2.75, 3.05) is 11.9 Å². The summed E-state index contributed by atoms with van der Waals surface area (Å²) >= 11 is 1.47. The second-order valence-electron chi connectivity index (χ2n) is 4.46. The van der Waals surface area contributed by atoms with Crippen LogP contribution in [0.25, 0.3) is 10.9 Å². The van der Waals surface area contributed by atoms with Crippen LogP contribution in [0.4, 0.5) is 5.00 Å². The maximum atomic E-state index is 10.0.